The molecule has 0 spiro atoms. The predicted molar refractivity (Wildman–Crippen MR) is 81.9 cm³/mol. The summed E-state index contributed by atoms with van der Waals surface area (Å²) in [6, 6.07) is 3.18. The van der Waals surface area contributed by atoms with Crippen LogP contribution < -0.4 is 10.2 Å². The summed E-state index contributed by atoms with van der Waals surface area (Å²) < 4.78 is 5.56. The number of nitro groups is 1. The van der Waals surface area contributed by atoms with Gasteiger partial charge in [-0.25, -0.2) is 4.98 Å². The molecule has 1 aromatic heterocycles. The quantitative estimate of drug-likeness (QED) is 0.641. The van der Waals surface area contributed by atoms with E-state index < -0.39 is 0 Å². The smallest absolute Gasteiger partial charge is 0.276 e. The number of nitrogens with zero attached hydrogens (tertiary/aromatic N) is 3. The molecule has 1 aliphatic heterocycles. The number of anilines is 2. The number of aromatic nitrogens is 1. The monoisotopic (exact) mass is 294 g/mol. The van der Waals surface area contributed by atoms with Crippen molar-refractivity contribution >= 4 is 17.3 Å². The lowest BCUT2D eigenvalue weighted by atomic mass is 10.1. The Balaban J connectivity index is 2.28. The van der Waals surface area contributed by atoms with Gasteiger partial charge in [0.25, 0.3) is 5.69 Å². The van der Waals surface area contributed by atoms with Crippen LogP contribution >= 0.6 is 0 Å². The zero-order valence-electron chi connectivity index (χ0n) is 12.7. The lowest BCUT2D eigenvalue weighted by molar-refractivity contribution is -0.384. The van der Waals surface area contributed by atoms with E-state index in [-0.39, 0.29) is 22.8 Å². The summed E-state index contributed by atoms with van der Waals surface area (Å²) in [6.07, 6.45) is 1.94. The van der Waals surface area contributed by atoms with Crippen molar-refractivity contribution in [2.24, 2.45) is 0 Å². The molecular weight excluding hydrogens is 272 g/mol. The molecule has 1 N–H and O–H groups in total. The Kier molecular flexibility index (Phi) is 4.95. The van der Waals surface area contributed by atoms with Crippen molar-refractivity contribution in [3.05, 3.63) is 22.2 Å². The van der Waals surface area contributed by atoms with E-state index in [0.29, 0.717) is 18.2 Å². The summed E-state index contributed by atoms with van der Waals surface area (Å²) in [4.78, 5) is 17.2. The van der Waals surface area contributed by atoms with Crippen molar-refractivity contribution in [1.82, 2.24) is 4.98 Å². The fraction of sp³-hybridized carbons (Fsp3) is 0.643. The zero-order valence-corrected chi connectivity index (χ0v) is 12.7. The minimum absolute atomic E-state index is 0.0528. The van der Waals surface area contributed by atoms with Gasteiger partial charge in [-0.2, -0.15) is 0 Å². The van der Waals surface area contributed by atoms with E-state index in [1.54, 1.807) is 0 Å². The minimum atomic E-state index is -0.384. The molecule has 0 amide bonds. The van der Waals surface area contributed by atoms with Gasteiger partial charge in [-0.3, -0.25) is 10.1 Å². The third-order valence-corrected chi connectivity index (χ3v) is 3.76. The molecule has 0 radical (unpaired) electrons. The molecule has 2 heterocycles. The van der Waals surface area contributed by atoms with Crippen LogP contribution in [-0.2, 0) is 4.74 Å². The van der Waals surface area contributed by atoms with Crippen molar-refractivity contribution < 1.29 is 9.66 Å². The van der Waals surface area contributed by atoms with Crippen LogP contribution in [0.3, 0.4) is 0 Å². The molecule has 1 aromatic rings. The van der Waals surface area contributed by atoms with Gasteiger partial charge in [0.05, 0.1) is 29.2 Å². The van der Waals surface area contributed by atoms with Crippen LogP contribution in [0, 0.1) is 10.1 Å². The molecule has 0 aliphatic carbocycles. The molecule has 0 aromatic carbocycles. The maximum Gasteiger partial charge on any atom is 0.276 e. The third-order valence-electron chi connectivity index (χ3n) is 3.76. The fourth-order valence-corrected chi connectivity index (χ4v) is 2.53. The molecule has 116 valence electrons. The summed E-state index contributed by atoms with van der Waals surface area (Å²) in [6.45, 7) is 5.50. The van der Waals surface area contributed by atoms with Crippen molar-refractivity contribution in [2.45, 2.75) is 38.8 Å². The number of hydrogen-bond donors (Lipinski definition) is 1. The van der Waals surface area contributed by atoms with Crippen molar-refractivity contribution in [3.63, 3.8) is 0 Å². The molecule has 2 rings (SSSR count). The van der Waals surface area contributed by atoms with Gasteiger partial charge in [0.15, 0.2) is 0 Å². The number of likely N-dealkylation sites (N-methyl/N-ethyl adjacent to an activating group) is 1. The van der Waals surface area contributed by atoms with Gasteiger partial charge in [0.2, 0.25) is 0 Å². The van der Waals surface area contributed by atoms with Gasteiger partial charge < -0.3 is 15.0 Å². The van der Waals surface area contributed by atoms with Crippen LogP contribution in [0.25, 0.3) is 0 Å². The highest BCUT2D eigenvalue weighted by Gasteiger charge is 2.29. The highest BCUT2D eigenvalue weighted by molar-refractivity contribution is 5.56. The van der Waals surface area contributed by atoms with E-state index in [1.165, 1.54) is 12.1 Å². The third kappa shape index (κ3) is 3.60. The number of nitrogens with one attached hydrogen (secondary N) is 1. The van der Waals surface area contributed by atoms with Crippen LogP contribution in [-0.4, -0.2) is 42.3 Å². The fourth-order valence-electron chi connectivity index (χ4n) is 2.53. The molecule has 7 nitrogen and oxygen atoms in total. The zero-order chi connectivity index (χ0) is 15.4. The Morgan fingerprint density at radius 3 is 2.90 bits per heavy atom. The van der Waals surface area contributed by atoms with Gasteiger partial charge in [-0.15, -0.1) is 0 Å². The normalized spacial score (nSPS) is 21.3. The minimum Gasteiger partial charge on any atom is -0.376 e. The average Bonchev–Trinajstić information content (AvgIpc) is 2.90. The lowest BCUT2D eigenvalue weighted by Gasteiger charge is -2.27. The molecule has 1 saturated heterocycles. The standard InChI is InChI=1S/C14H22N4O3/c1-4-6-15-13-8-11(18(19)20)9-14(16-13)17(3)12-5-7-21-10(12)2/h8-10,12H,4-7H2,1-3H3,(H,15,16). The predicted octanol–water partition coefficient (Wildman–Crippen LogP) is 2.43. The van der Waals surface area contributed by atoms with Gasteiger partial charge in [-0.05, 0) is 19.8 Å². The van der Waals surface area contributed by atoms with E-state index in [9.17, 15) is 10.1 Å². The number of rotatable bonds is 6. The molecule has 1 aliphatic rings. The molecule has 0 bridgehead atoms. The van der Waals surface area contributed by atoms with Gasteiger partial charge in [-0.1, -0.05) is 6.92 Å². The van der Waals surface area contributed by atoms with Crippen LogP contribution in [0.1, 0.15) is 26.7 Å². The molecule has 2 atom stereocenters. The highest BCUT2D eigenvalue weighted by Crippen LogP contribution is 2.27. The molecule has 2 unspecified atom stereocenters. The SMILES string of the molecule is CCCNc1cc([N+](=O)[O-])cc(N(C)C2CCOC2C)n1. The molecule has 1 fully saturated rings. The Bertz CT molecular complexity index is 509. The first-order valence-corrected chi connectivity index (χ1v) is 7.27. The van der Waals surface area contributed by atoms with E-state index >= 15 is 0 Å². The van der Waals surface area contributed by atoms with E-state index in [0.717, 1.165) is 19.4 Å². The van der Waals surface area contributed by atoms with Gasteiger partial charge in [0.1, 0.15) is 11.6 Å². The average molecular weight is 294 g/mol. The molecule has 7 heteroatoms. The first kappa shape index (κ1) is 15.5. The second kappa shape index (κ2) is 6.71. The van der Waals surface area contributed by atoms with Crippen LogP contribution in [0.2, 0.25) is 0 Å². The van der Waals surface area contributed by atoms with Crippen molar-refractivity contribution in [2.75, 3.05) is 30.4 Å². The van der Waals surface area contributed by atoms with E-state index in [4.69, 9.17) is 4.74 Å². The lowest BCUT2D eigenvalue weighted by Crippen LogP contribution is -2.37. The summed E-state index contributed by atoms with van der Waals surface area (Å²) in [5.41, 5.74) is 0.0528. The number of hydrogen-bond acceptors (Lipinski definition) is 6. The van der Waals surface area contributed by atoms with Crippen molar-refractivity contribution in [1.29, 1.82) is 0 Å². The maximum absolute atomic E-state index is 11.1. The molecule has 21 heavy (non-hydrogen) atoms. The Labute approximate surface area is 124 Å². The summed E-state index contributed by atoms with van der Waals surface area (Å²) in [7, 11) is 1.91. The summed E-state index contributed by atoms with van der Waals surface area (Å²) >= 11 is 0. The molecular formula is C14H22N4O3. The second-order valence-electron chi connectivity index (χ2n) is 5.30. The van der Waals surface area contributed by atoms with Crippen LogP contribution in [0.15, 0.2) is 12.1 Å². The van der Waals surface area contributed by atoms with Crippen LogP contribution in [0.4, 0.5) is 17.3 Å². The van der Waals surface area contributed by atoms with Crippen LogP contribution in [0.5, 0.6) is 0 Å². The maximum atomic E-state index is 11.1. The topological polar surface area (TPSA) is 80.5 Å². The first-order chi connectivity index (χ1) is 10.0. The molecule has 0 saturated carbocycles. The van der Waals surface area contributed by atoms with Gasteiger partial charge >= 0.3 is 0 Å². The van der Waals surface area contributed by atoms with E-state index in [1.807, 2.05) is 25.8 Å². The number of pyridine rings is 1. The second-order valence-corrected chi connectivity index (χ2v) is 5.30. The largest absolute Gasteiger partial charge is 0.376 e. The Morgan fingerprint density at radius 2 is 2.33 bits per heavy atom. The Morgan fingerprint density at radius 1 is 1.57 bits per heavy atom. The Hall–Kier alpha value is -1.89. The summed E-state index contributed by atoms with van der Waals surface area (Å²) in [5, 5.41) is 14.2. The van der Waals surface area contributed by atoms with Crippen molar-refractivity contribution in [3.8, 4) is 0 Å². The van der Waals surface area contributed by atoms with E-state index in [2.05, 4.69) is 10.3 Å². The number of ether oxygens (including phenoxy) is 1. The highest BCUT2D eigenvalue weighted by atomic mass is 16.6. The van der Waals surface area contributed by atoms with Gasteiger partial charge in [0, 0.05) is 20.2 Å². The first-order valence-electron chi connectivity index (χ1n) is 7.27. The summed E-state index contributed by atoms with van der Waals surface area (Å²) in [5.74, 6) is 1.14.